The Hall–Kier alpha value is -4.38. The van der Waals surface area contributed by atoms with Gasteiger partial charge in [0.15, 0.2) is 0 Å². The molecule has 10 nitrogen and oxygen atoms in total. The summed E-state index contributed by atoms with van der Waals surface area (Å²) < 4.78 is 5.29. The molecule has 43 heavy (non-hydrogen) atoms. The fourth-order valence-corrected chi connectivity index (χ4v) is 7.29. The molecular formula is C32H33N3O7S. The molecular weight excluding hydrogens is 570 g/mol. The average molecular weight is 604 g/mol. The van der Waals surface area contributed by atoms with Gasteiger partial charge in [0.2, 0.25) is 17.7 Å². The summed E-state index contributed by atoms with van der Waals surface area (Å²) in [5, 5.41) is 16.0. The third-order valence-corrected chi connectivity index (χ3v) is 10.1. The molecule has 1 aromatic heterocycles. The number of nitro groups is 1. The van der Waals surface area contributed by atoms with Crippen LogP contribution in [0.5, 0.6) is 0 Å². The number of thiophene rings is 1. The third kappa shape index (κ3) is 5.11. The van der Waals surface area contributed by atoms with Crippen LogP contribution in [0.25, 0.3) is 11.1 Å². The molecule has 2 fully saturated rings. The number of esters is 1. The van der Waals surface area contributed by atoms with Gasteiger partial charge in [-0.25, -0.2) is 4.79 Å². The number of carbonyl (C=O) groups is 4. The minimum atomic E-state index is -1.17. The van der Waals surface area contributed by atoms with Gasteiger partial charge < -0.3 is 10.1 Å². The second-order valence-corrected chi connectivity index (χ2v) is 12.6. The lowest BCUT2D eigenvalue weighted by atomic mass is 9.62. The van der Waals surface area contributed by atoms with Crippen molar-refractivity contribution in [2.24, 2.45) is 16.7 Å². The number of nitrogens with one attached hydrogen (secondary N) is 1. The molecule has 3 atom stereocenters. The predicted molar refractivity (Wildman–Crippen MR) is 161 cm³/mol. The van der Waals surface area contributed by atoms with E-state index in [1.54, 1.807) is 18.4 Å². The number of fused-ring (bicyclic) bond motifs is 2. The van der Waals surface area contributed by atoms with Gasteiger partial charge in [0.05, 0.1) is 16.9 Å². The molecule has 1 saturated carbocycles. The van der Waals surface area contributed by atoms with Gasteiger partial charge >= 0.3 is 5.97 Å². The van der Waals surface area contributed by atoms with E-state index in [9.17, 15) is 29.3 Å². The van der Waals surface area contributed by atoms with Crippen LogP contribution in [0, 0.1) is 26.9 Å². The highest BCUT2D eigenvalue weighted by Crippen LogP contribution is 2.60. The molecule has 1 saturated heterocycles. The van der Waals surface area contributed by atoms with Gasteiger partial charge in [-0.05, 0) is 36.3 Å². The molecule has 3 aromatic rings. The highest BCUT2D eigenvalue weighted by molar-refractivity contribution is 7.15. The van der Waals surface area contributed by atoms with Crippen LogP contribution in [0.1, 0.15) is 56.5 Å². The molecule has 2 heterocycles. The van der Waals surface area contributed by atoms with Crippen LogP contribution in [-0.4, -0.2) is 46.2 Å². The van der Waals surface area contributed by atoms with Crippen LogP contribution >= 0.6 is 11.3 Å². The third-order valence-electron chi connectivity index (χ3n) is 9.21. The maximum atomic E-state index is 14.1. The van der Waals surface area contributed by atoms with Gasteiger partial charge in [-0.15, -0.1) is 11.3 Å². The number of carbonyl (C=O) groups excluding carboxylic acids is 4. The lowest BCUT2D eigenvalue weighted by Crippen LogP contribution is -2.64. The van der Waals surface area contributed by atoms with Crippen LogP contribution < -0.4 is 5.32 Å². The number of piperidine rings is 1. The van der Waals surface area contributed by atoms with Crippen molar-refractivity contribution in [2.75, 3.05) is 11.9 Å². The van der Waals surface area contributed by atoms with E-state index in [4.69, 9.17) is 4.74 Å². The van der Waals surface area contributed by atoms with Crippen molar-refractivity contribution in [3.8, 4) is 11.1 Å². The fourth-order valence-electron chi connectivity index (χ4n) is 6.33. The van der Waals surface area contributed by atoms with Crippen LogP contribution in [0.4, 0.5) is 10.7 Å². The first-order valence-corrected chi connectivity index (χ1v) is 15.0. The van der Waals surface area contributed by atoms with E-state index in [1.165, 1.54) is 18.2 Å². The number of nitrogens with zero attached hydrogens (tertiary/aromatic N) is 2. The summed E-state index contributed by atoms with van der Waals surface area (Å²) in [6.07, 6.45) is 1.20. The number of non-ortho nitro benzene ring substituents is 1. The topological polar surface area (TPSA) is 136 Å². The van der Waals surface area contributed by atoms with E-state index < -0.39 is 39.6 Å². The van der Waals surface area contributed by atoms with E-state index >= 15 is 0 Å². The standard InChI is InChI=1S/C32H33N3O7S/c1-5-42-29(38)25-22(20-12-9-13-21(17-20)35(40)41)18-43-27(25)33-26(36)24(16-19-10-7-6-8-11-19)34-28(37)23-14-15-32(4,30(34)39)31(23,2)3/h6-13,17-18,23-24H,5,14-16H2,1-4H3,(H,33,36). The van der Waals surface area contributed by atoms with Gasteiger partial charge in [0.1, 0.15) is 16.6 Å². The minimum Gasteiger partial charge on any atom is -0.462 e. The Morgan fingerprint density at radius 2 is 1.86 bits per heavy atom. The normalized spacial score (nSPS) is 21.4. The molecule has 2 aromatic carbocycles. The summed E-state index contributed by atoms with van der Waals surface area (Å²) in [4.78, 5) is 67.3. The zero-order chi connectivity index (χ0) is 31.1. The quantitative estimate of drug-likeness (QED) is 0.140. The van der Waals surface area contributed by atoms with Crippen molar-refractivity contribution in [1.82, 2.24) is 4.90 Å². The molecule has 0 spiro atoms. The van der Waals surface area contributed by atoms with Crippen LogP contribution in [0.3, 0.4) is 0 Å². The average Bonchev–Trinajstić information content (AvgIpc) is 3.47. The number of hydrogen-bond acceptors (Lipinski definition) is 8. The Bertz CT molecular complexity index is 1620. The van der Waals surface area contributed by atoms with Crippen LogP contribution in [0.15, 0.2) is 60.0 Å². The Labute approximate surface area is 253 Å². The second kappa shape index (κ2) is 11.4. The van der Waals surface area contributed by atoms with Crippen molar-refractivity contribution in [3.63, 3.8) is 0 Å². The molecule has 1 aliphatic carbocycles. The molecule has 1 aliphatic heterocycles. The van der Waals surface area contributed by atoms with Crippen molar-refractivity contribution < 1.29 is 28.8 Å². The van der Waals surface area contributed by atoms with Gasteiger partial charge in [0.25, 0.3) is 5.69 Å². The number of anilines is 1. The van der Waals surface area contributed by atoms with Crippen molar-refractivity contribution >= 4 is 45.7 Å². The van der Waals surface area contributed by atoms with Crippen LogP contribution in [0.2, 0.25) is 0 Å². The first-order valence-electron chi connectivity index (χ1n) is 14.2. The SMILES string of the molecule is CCOC(=O)c1c(-c2cccc([N+](=O)[O-])c2)csc1NC(=O)C(Cc1ccccc1)N1C(=O)C2CCC(C)(C1=O)C2(C)C. The van der Waals surface area contributed by atoms with Crippen LogP contribution in [-0.2, 0) is 25.5 Å². The van der Waals surface area contributed by atoms with Crippen molar-refractivity contribution in [3.05, 3.63) is 81.2 Å². The lowest BCUT2D eigenvalue weighted by molar-refractivity contribution is -0.384. The fraction of sp³-hybridized carbons (Fsp3) is 0.375. The highest BCUT2D eigenvalue weighted by Gasteiger charge is 2.65. The Balaban J connectivity index is 1.55. The molecule has 11 heteroatoms. The van der Waals surface area contributed by atoms with Gasteiger partial charge in [0, 0.05) is 35.4 Å². The smallest absolute Gasteiger partial charge is 0.341 e. The Kier molecular flexibility index (Phi) is 7.95. The zero-order valence-electron chi connectivity index (χ0n) is 24.4. The number of rotatable bonds is 9. The number of hydrogen-bond donors (Lipinski definition) is 1. The summed E-state index contributed by atoms with van der Waals surface area (Å²) in [5.41, 5.74) is 0.0595. The number of imide groups is 1. The molecule has 2 bridgehead atoms. The molecule has 5 rings (SSSR count). The number of benzene rings is 2. The number of amides is 3. The Morgan fingerprint density at radius 3 is 2.53 bits per heavy atom. The maximum Gasteiger partial charge on any atom is 0.341 e. The first kappa shape index (κ1) is 30.1. The first-order chi connectivity index (χ1) is 20.4. The number of ether oxygens (including phenoxy) is 1. The molecule has 2 aliphatic rings. The molecule has 3 unspecified atom stereocenters. The molecule has 3 amide bonds. The monoisotopic (exact) mass is 603 g/mol. The second-order valence-electron chi connectivity index (χ2n) is 11.7. The number of likely N-dealkylation sites (tertiary alicyclic amines) is 1. The lowest BCUT2D eigenvalue weighted by Gasteiger charge is -2.49. The molecule has 1 N–H and O–H groups in total. The predicted octanol–water partition coefficient (Wildman–Crippen LogP) is 5.86. The molecule has 224 valence electrons. The highest BCUT2D eigenvalue weighted by atomic mass is 32.1. The van der Waals surface area contributed by atoms with Gasteiger partial charge in [-0.1, -0.05) is 63.2 Å². The summed E-state index contributed by atoms with van der Waals surface area (Å²) in [6.45, 7) is 7.47. The van der Waals surface area contributed by atoms with Gasteiger partial charge in [-0.3, -0.25) is 29.4 Å². The van der Waals surface area contributed by atoms with E-state index in [0.717, 1.165) is 21.8 Å². The summed E-state index contributed by atoms with van der Waals surface area (Å²) in [5.74, 6) is -2.47. The maximum absolute atomic E-state index is 14.1. The zero-order valence-corrected chi connectivity index (χ0v) is 25.2. The summed E-state index contributed by atoms with van der Waals surface area (Å²) in [7, 11) is 0. The minimum absolute atomic E-state index is 0.0450. The largest absolute Gasteiger partial charge is 0.462 e. The summed E-state index contributed by atoms with van der Waals surface area (Å²) >= 11 is 1.06. The van der Waals surface area contributed by atoms with Crippen molar-refractivity contribution in [2.45, 2.75) is 53.0 Å². The number of nitro benzene ring substituents is 1. The van der Waals surface area contributed by atoms with Crippen molar-refractivity contribution in [1.29, 1.82) is 0 Å². The van der Waals surface area contributed by atoms with E-state index in [1.807, 2.05) is 51.1 Å². The molecule has 0 radical (unpaired) electrons. The van der Waals surface area contributed by atoms with E-state index in [2.05, 4.69) is 5.32 Å². The summed E-state index contributed by atoms with van der Waals surface area (Å²) in [6, 6.07) is 13.8. The van der Waals surface area contributed by atoms with E-state index in [-0.39, 0.29) is 41.1 Å². The van der Waals surface area contributed by atoms with E-state index in [0.29, 0.717) is 24.0 Å². The van der Waals surface area contributed by atoms with Gasteiger partial charge in [-0.2, -0.15) is 0 Å². The Morgan fingerprint density at radius 1 is 1.14 bits per heavy atom.